The lowest BCUT2D eigenvalue weighted by molar-refractivity contribution is 0.149. The summed E-state index contributed by atoms with van der Waals surface area (Å²) in [6.07, 6.45) is 15.4. The molecule has 4 aliphatic rings. The average molecular weight is 897 g/mol. The zero-order valence-electron chi connectivity index (χ0n) is 39.6. The van der Waals surface area contributed by atoms with Gasteiger partial charge in [-0.05, 0) is 97.5 Å². The molecule has 4 bridgehead atoms. The van der Waals surface area contributed by atoms with E-state index in [0.29, 0.717) is 23.8 Å². The Kier molecular flexibility index (Phi) is 11.7. The lowest BCUT2D eigenvalue weighted by atomic mass is 9.63. The van der Waals surface area contributed by atoms with Crippen LogP contribution in [0.5, 0.6) is 23.3 Å². The second kappa shape index (κ2) is 18.0. The van der Waals surface area contributed by atoms with Crippen LogP contribution in [-0.2, 0) is 29.3 Å². The highest BCUT2D eigenvalue weighted by atomic mass is 16.7. The fraction of sp³-hybridized carbons (Fsp3) is 0.250. The normalized spacial score (nSPS) is 22.9. The molecule has 10 rings (SSSR count). The van der Waals surface area contributed by atoms with Crippen molar-refractivity contribution >= 4 is 18.6 Å². The quantitative estimate of drug-likeness (QED) is 0.0588. The van der Waals surface area contributed by atoms with Crippen LogP contribution in [0.3, 0.4) is 0 Å². The standard InChI is InChI=1S/C60H56N4O4/c1-7-49-43-31-39(3)35-59(49,61-37-41-15-11-9-12-16-41)51-27-29-55(63-53(51)33-43)66-47-23-19-45(20-24-47)58(5,6)46-21-25-48(26-22-46)67-57(65)68-56-30-28-52-54(64-56)34-44-32-40(4)36-60(52,50(44)8-2)62-38-42-17-13-10-14-18-42/h7-32,37-38,43-44H,33-36H2,1-6H3. The number of hydrogen-bond acceptors (Lipinski definition) is 8. The molecule has 0 aliphatic heterocycles. The highest BCUT2D eigenvalue weighted by molar-refractivity contribution is 5.81. The van der Waals surface area contributed by atoms with E-state index in [2.05, 4.69) is 108 Å². The van der Waals surface area contributed by atoms with Crippen LogP contribution in [0, 0.1) is 11.8 Å². The third kappa shape index (κ3) is 8.33. The van der Waals surface area contributed by atoms with Gasteiger partial charge in [-0.2, -0.15) is 0 Å². The van der Waals surface area contributed by atoms with Crippen LogP contribution in [-0.4, -0.2) is 28.6 Å². The fourth-order valence-electron chi connectivity index (χ4n) is 11.1. The van der Waals surface area contributed by atoms with Gasteiger partial charge in [-0.1, -0.05) is 134 Å². The number of carbonyl (C=O) groups excluding carboxylic acids is 1. The number of rotatable bonds is 10. The minimum atomic E-state index is -0.848. The van der Waals surface area contributed by atoms with Crippen LogP contribution in [0.25, 0.3) is 0 Å². The summed E-state index contributed by atoms with van der Waals surface area (Å²) in [6, 6.07) is 44.0. The first kappa shape index (κ1) is 44.4. The van der Waals surface area contributed by atoms with Gasteiger partial charge in [0.15, 0.2) is 0 Å². The first-order valence-electron chi connectivity index (χ1n) is 23.6. The highest BCUT2D eigenvalue weighted by Crippen LogP contribution is 2.54. The molecule has 0 amide bonds. The maximum absolute atomic E-state index is 13.2. The van der Waals surface area contributed by atoms with Crippen LogP contribution in [0.1, 0.15) is 99.2 Å². The van der Waals surface area contributed by atoms with Gasteiger partial charge in [-0.15, -0.1) is 0 Å². The molecular weight excluding hydrogens is 841 g/mol. The van der Waals surface area contributed by atoms with Gasteiger partial charge in [0.05, 0.1) is 11.4 Å². The molecule has 0 saturated carbocycles. The molecule has 0 fully saturated rings. The molecule has 340 valence electrons. The van der Waals surface area contributed by atoms with Gasteiger partial charge in [0.2, 0.25) is 11.8 Å². The van der Waals surface area contributed by atoms with Crippen LogP contribution in [0.4, 0.5) is 4.79 Å². The molecule has 0 radical (unpaired) electrons. The van der Waals surface area contributed by atoms with Gasteiger partial charge in [-0.3, -0.25) is 9.98 Å². The van der Waals surface area contributed by atoms with Crippen molar-refractivity contribution in [1.29, 1.82) is 0 Å². The first-order valence-corrected chi connectivity index (χ1v) is 23.6. The second-order valence-electron chi connectivity index (χ2n) is 19.1. The summed E-state index contributed by atoms with van der Waals surface area (Å²) in [5.41, 5.74) is 12.2. The van der Waals surface area contributed by atoms with Crippen molar-refractivity contribution in [3.63, 3.8) is 0 Å². The van der Waals surface area contributed by atoms with Crippen molar-refractivity contribution in [3.8, 4) is 23.3 Å². The smallest absolute Gasteiger partial charge is 0.439 e. The van der Waals surface area contributed by atoms with Gasteiger partial charge in [0, 0.05) is 78.6 Å². The monoisotopic (exact) mass is 896 g/mol. The van der Waals surface area contributed by atoms with Crippen molar-refractivity contribution < 1.29 is 19.0 Å². The predicted octanol–water partition coefficient (Wildman–Crippen LogP) is 13.7. The van der Waals surface area contributed by atoms with E-state index in [4.69, 9.17) is 34.2 Å². The Morgan fingerprint density at radius 2 is 1.04 bits per heavy atom. The van der Waals surface area contributed by atoms with Crippen molar-refractivity contribution in [1.82, 2.24) is 9.97 Å². The van der Waals surface area contributed by atoms with Gasteiger partial charge < -0.3 is 14.2 Å². The molecule has 4 unspecified atom stereocenters. The summed E-state index contributed by atoms with van der Waals surface area (Å²) in [7, 11) is 0. The molecule has 2 heterocycles. The lowest BCUT2D eigenvalue weighted by Gasteiger charge is -2.45. The summed E-state index contributed by atoms with van der Waals surface area (Å²) in [4.78, 5) is 33.7. The molecule has 0 saturated heterocycles. The molecule has 0 N–H and O–H groups in total. The van der Waals surface area contributed by atoms with E-state index in [0.717, 1.165) is 64.0 Å². The molecule has 4 aliphatic carbocycles. The van der Waals surface area contributed by atoms with Crippen molar-refractivity contribution in [2.24, 2.45) is 21.8 Å². The topological polar surface area (TPSA) is 95.3 Å². The summed E-state index contributed by atoms with van der Waals surface area (Å²) >= 11 is 0. The fourth-order valence-corrected chi connectivity index (χ4v) is 11.1. The number of ether oxygens (including phenoxy) is 3. The lowest BCUT2D eigenvalue weighted by Crippen LogP contribution is -2.40. The molecule has 68 heavy (non-hydrogen) atoms. The summed E-state index contributed by atoms with van der Waals surface area (Å²) < 4.78 is 17.8. The van der Waals surface area contributed by atoms with E-state index < -0.39 is 17.2 Å². The maximum Gasteiger partial charge on any atom is 0.520 e. The summed E-state index contributed by atoms with van der Waals surface area (Å²) in [5.74, 6) is 2.24. The first-order chi connectivity index (χ1) is 33.0. The molecule has 6 aromatic rings. The largest absolute Gasteiger partial charge is 0.520 e. The van der Waals surface area contributed by atoms with E-state index >= 15 is 0 Å². The van der Waals surface area contributed by atoms with Crippen LogP contribution in [0.15, 0.2) is 190 Å². The second-order valence-corrected chi connectivity index (χ2v) is 19.1. The third-order valence-corrected chi connectivity index (χ3v) is 14.3. The van der Waals surface area contributed by atoms with E-state index in [1.807, 2.05) is 85.2 Å². The van der Waals surface area contributed by atoms with E-state index in [9.17, 15) is 4.79 Å². The number of carbonyl (C=O) groups is 1. The SMILES string of the molecule is CC=C1C2C=C(C)CC1(N=Cc1ccccc1)c1ccc(OC(=O)Oc3ccc(C(C)(C)c4ccc(Oc5ccc6c(n5)CC5C=C(C)CC6(N=Cc6ccccc6)C5=CC)cc4)cc3)nc1C2. The number of nitrogens with zero attached hydrogens (tertiary/aromatic N) is 4. The third-order valence-electron chi connectivity index (χ3n) is 14.3. The molecule has 8 heteroatoms. The Balaban J connectivity index is 0.803. The highest BCUT2D eigenvalue weighted by Gasteiger charge is 2.48. The Morgan fingerprint density at radius 1 is 0.588 bits per heavy atom. The summed E-state index contributed by atoms with van der Waals surface area (Å²) in [6.45, 7) is 12.9. The van der Waals surface area contributed by atoms with Gasteiger partial charge in [0.25, 0.3) is 0 Å². The number of aliphatic imine (C=N–C) groups is 2. The zero-order chi connectivity index (χ0) is 47.0. The maximum atomic E-state index is 13.2. The Hall–Kier alpha value is -7.45. The van der Waals surface area contributed by atoms with Crippen molar-refractivity contribution in [2.75, 3.05) is 0 Å². The van der Waals surface area contributed by atoms with E-state index in [-0.39, 0.29) is 23.1 Å². The van der Waals surface area contributed by atoms with E-state index in [1.54, 1.807) is 18.2 Å². The Labute approximate surface area is 399 Å². The minimum absolute atomic E-state index is 0.158. The van der Waals surface area contributed by atoms with Crippen LogP contribution in [0.2, 0.25) is 0 Å². The van der Waals surface area contributed by atoms with Gasteiger partial charge in [-0.25, -0.2) is 14.8 Å². The molecule has 2 aromatic heterocycles. The number of allylic oxidation sites excluding steroid dienone is 4. The van der Waals surface area contributed by atoms with Crippen molar-refractivity contribution in [3.05, 3.63) is 225 Å². The molecule has 0 spiro atoms. The molecular formula is C60H56N4O4. The number of aromatic nitrogens is 2. The van der Waals surface area contributed by atoms with Crippen LogP contribution < -0.4 is 14.2 Å². The van der Waals surface area contributed by atoms with Gasteiger partial charge >= 0.3 is 6.16 Å². The average Bonchev–Trinajstić information content (AvgIpc) is 3.33. The zero-order valence-corrected chi connectivity index (χ0v) is 39.6. The molecule has 4 atom stereocenters. The Morgan fingerprint density at radius 3 is 1.53 bits per heavy atom. The number of pyridine rings is 2. The minimum Gasteiger partial charge on any atom is -0.439 e. The number of benzene rings is 4. The van der Waals surface area contributed by atoms with Crippen molar-refractivity contribution in [2.45, 2.75) is 83.7 Å². The Bertz CT molecular complexity index is 3070. The van der Waals surface area contributed by atoms with E-state index in [1.165, 1.54) is 22.3 Å². The van der Waals surface area contributed by atoms with Gasteiger partial charge in [0.1, 0.15) is 22.6 Å². The predicted molar refractivity (Wildman–Crippen MR) is 270 cm³/mol. The molecule has 4 aromatic carbocycles. The molecule has 8 nitrogen and oxygen atoms in total. The summed E-state index contributed by atoms with van der Waals surface area (Å²) in [5, 5.41) is 0. The number of hydrogen-bond donors (Lipinski definition) is 0. The van der Waals surface area contributed by atoms with Crippen LogP contribution >= 0.6 is 0 Å². The number of fused-ring (bicyclic) bond motifs is 8.